The number of rotatable bonds is 2. The highest BCUT2D eigenvalue weighted by Gasteiger charge is 2.56. The number of hydrogen-bond acceptors (Lipinski definition) is 3. The Morgan fingerprint density at radius 3 is 2.83 bits per heavy atom. The van der Waals surface area contributed by atoms with E-state index < -0.39 is 0 Å². The summed E-state index contributed by atoms with van der Waals surface area (Å²) < 4.78 is 0. The average molecular weight is 312 g/mol. The van der Waals surface area contributed by atoms with E-state index in [2.05, 4.69) is 13.0 Å². The molecule has 122 valence electrons. The minimum absolute atomic E-state index is 0.192. The van der Waals surface area contributed by atoms with Crippen LogP contribution >= 0.6 is 0 Å². The van der Waals surface area contributed by atoms with Crippen LogP contribution in [0.5, 0.6) is 0 Å². The Kier molecular flexibility index (Phi) is 3.26. The van der Waals surface area contributed by atoms with Crippen molar-refractivity contribution in [3.8, 4) is 0 Å². The molecule has 2 saturated carbocycles. The first-order chi connectivity index (χ1) is 11.0. The number of aldehydes is 1. The minimum Gasteiger partial charge on any atom is -0.303 e. The minimum atomic E-state index is -0.217. The maximum atomic E-state index is 12.4. The lowest BCUT2D eigenvalue weighted by Gasteiger charge is -2.53. The van der Waals surface area contributed by atoms with E-state index >= 15 is 0 Å². The molecule has 0 bridgehead atoms. The van der Waals surface area contributed by atoms with Crippen LogP contribution in [0.15, 0.2) is 23.3 Å². The summed E-state index contributed by atoms with van der Waals surface area (Å²) in [6.45, 7) is 2.14. The van der Waals surface area contributed by atoms with Gasteiger partial charge in [-0.3, -0.25) is 9.59 Å². The summed E-state index contributed by atoms with van der Waals surface area (Å²) >= 11 is 0. The smallest absolute Gasteiger partial charge is 0.155 e. The highest BCUT2D eigenvalue weighted by Crippen LogP contribution is 2.63. The molecule has 0 radical (unpaired) electrons. The van der Waals surface area contributed by atoms with Crippen molar-refractivity contribution in [2.24, 2.45) is 22.7 Å². The van der Waals surface area contributed by atoms with Crippen molar-refractivity contribution in [1.82, 2.24) is 0 Å². The molecule has 0 aliphatic heterocycles. The summed E-state index contributed by atoms with van der Waals surface area (Å²) in [5, 5.41) is 0. The van der Waals surface area contributed by atoms with Crippen molar-refractivity contribution in [3.63, 3.8) is 0 Å². The van der Waals surface area contributed by atoms with Gasteiger partial charge in [0.1, 0.15) is 12.1 Å². The zero-order chi connectivity index (χ0) is 16.2. The Labute approximate surface area is 137 Å². The molecule has 2 fully saturated rings. The molecular formula is C20H24O3. The summed E-state index contributed by atoms with van der Waals surface area (Å²) in [7, 11) is 0. The Hall–Kier alpha value is -1.51. The number of allylic oxidation sites excluding steroid dienone is 4. The third-order valence-electron chi connectivity index (χ3n) is 7.23. The van der Waals surface area contributed by atoms with E-state index in [0.717, 1.165) is 38.4 Å². The van der Waals surface area contributed by atoms with Gasteiger partial charge in [0.05, 0.1) is 0 Å². The van der Waals surface area contributed by atoms with E-state index in [1.165, 1.54) is 11.1 Å². The fourth-order valence-electron chi connectivity index (χ4n) is 5.95. The summed E-state index contributed by atoms with van der Waals surface area (Å²) in [5.41, 5.74) is 2.15. The van der Waals surface area contributed by atoms with E-state index in [1.54, 1.807) is 0 Å². The maximum Gasteiger partial charge on any atom is 0.155 e. The van der Waals surface area contributed by atoms with Crippen LogP contribution in [0.2, 0.25) is 0 Å². The first kappa shape index (κ1) is 15.0. The van der Waals surface area contributed by atoms with Gasteiger partial charge in [-0.15, -0.1) is 0 Å². The summed E-state index contributed by atoms with van der Waals surface area (Å²) in [5.74, 6) is 1.47. The Bertz CT molecular complexity index is 656. The van der Waals surface area contributed by atoms with Crippen LogP contribution in [0.25, 0.3) is 0 Å². The first-order valence-corrected chi connectivity index (χ1v) is 8.92. The molecule has 3 heteroatoms. The number of carbonyl (C=O) groups is 3. The van der Waals surface area contributed by atoms with Crippen molar-refractivity contribution in [2.75, 3.05) is 0 Å². The molecule has 0 aromatic heterocycles. The summed E-state index contributed by atoms with van der Waals surface area (Å²) in [4.78, 5) is 35.7. The van der Waals surface area contributed by atoms with E-state index in [1.807, 2.05) is 6.08 Å². The number of fused-ring (bicyclic) bond motifs is 5. The Morgan fingerprint density at radius 1 is 1.22 bits per heavy atom. The molecular weight excluding hydrogens is 288 g/mol. The molecule has 4 aliphatic rings. The largest absolute Gasteiger partial charge is 0.303 e. The highest BCUT2D eigenvalue weighted by molar-refractivity contribution is 5.92. The second-order valence-corrected chi connectivity index (χ2v) is 8.08. The van der Waals surface area contributed by atoms with Gasteiger partial charge in [0, 0.05) is 30.1 Å². The van der Waals surface area contributed by atoms with Crippen LogP contribution < -0.4 is 0 Å². The topological polar surface area (TPSA) is 51.2 Å². The van der Waals surface area contributed by atoms with Gasteiger partial charge in [-0.05, 0) is 50.0 Å². The predicted octanol–water partition coefficient (Wildman–Crippen LogP) is 3.58. The Balaban J connectivity index is 1.81. The monoisotopic (exact) mass is 312 g/mol. The first-order valence-electron chi connectivity index (χ1n) is 8.92. The molecule has 0 aromatic carbocycles. The van der Waals surface area contributed by atoms with E-state index in [0.29, 0.717) is 36.9 Å². The zero-order valence-corrected chi connectivity index (χ0v) is 13.8. The lowest BCUT2D eigenvalue weighted by molar-refractivity contribution is -0.127. The van der Waals surface area contributed by atoms with Gasteiger partial charge in [0.15, 0.2) is 5.78 Å². The Morgan fingerprint density at radius 2 is 2.04 bits per heavy atom. The van der Waals surface area contributed by atoms with E-state index in [4.69, 9.17) is 0 Å². The van der Waals surface area contributed by atoms with Crippen molar-refractivity contribution in [2.45, 2.75) is 58.3 Å². The molecule has 0 unspecified atom stereocenters. The van der Waals surface area contributed by atoms with Crippen LogP contribution in [0.3, 0.4) is 0 Å². The molecule has 4 atom stereocenters. The van der Waals surface area contributed by atoms with E-state index in [9.17, 15) is 14.4 Å². The van der Waals surface area contributed by atoms with Gasteiger partial charge in [-0.25, -0.2) is 0 Å². The van der Waals surface area contributed by atoms with E-state index in [-0.39, 0.29) is 16.6 Å². The van der Waals surface area contributed by atoms with Gasteiger partial charge >= 0.3 is 0 Å². The lowest BCUT2D eigenvalue weighted by Crippen LogP contribution is -2.45. The normalized spacial score (nSPS) is 42.3. The van der Waals surface area contributed by atoms with Crippen LogP contribution in [-0.2, 0) is 14.4 Å². The predicted molar refractivity (Wildman–Crippen MR) is 86.7 cm³/mol. The highest BCUT2D eigenvalue weighted by atomic mass is 16.1. The SMILES string of the molecule is C[C@]12CC=C3[C@@H](CCC4=CC(=O)CC[C@@]43CC=O)[C@@H]1CCC2=O. The molecule has 0 heterocycles. The molecule has 4 rings (SSSR count). The maximum absolute atomic E-state index is 12.4. The van der Waals surface area contributed by atoms with Crippen molar-refractivity contribution in [1.29, 1.82) is 0 Å². The van der Waals surface area contributed by atoms with Crippen LogP contribution in [-0.4, -0.2) is 17.9 Å². The molecule has 23 heavy (non-hydrogen) atoms. The van der Waals surface area contributed by atoms with Crippen molar-refractivity contribution >= 4 is 17.9 Å². The molecule has 3 nitrogen and oxygen atoms in total. The standard InChI is InChI=1S/C20H24O3/c1-19-8-7-17-15(16(19)4-5-18(19)23)3-2-13-12-14(22)6-9-20(13,17)10-11-21/h7,11-12,15-16H,2-6,8-10H2,1H3/t15-,16-,19-,20+/m0/s1. The van der Waals surface area contributed by atoms with Gasteiger partial charge in [0.2, 0.25) is 0 Å². The lowest BCUT2D eigenvalue weighted by atomic mass is 9.50. The fourth-order valence-corrected chi connectivity index (χ4v) is 5.95. The molecule has 0 saturated heterocycles. The van der Waals surface area contributed by atoms with Gasteiger partial charge in [0.25, 0.3) is 0 Å². The second kappa shape index (κ2) is 4.99. The molecule has 4 aliphatic carbocycles. The third kappa shape index (κ3) is 1.91. The third-order valence-corrected chi connectivity index (χ3v) is 7.23. The fraction of sp³-hybridized carbons (Fsp3) is 0.650. The summed E-state index contributed by atoms with van der Waals surface area (Å²) in [6, 6.07) is 0. The molecule has 0 aromatic rings. The number of carbonyl (C=O) groups excluding carboxylic acids is 3. The number of Topliss-reactive ketones (excluding diaryl/α,β-unsaturated/α-hetero) is 1. The van der Waals surface area contributed by atoms with Gasteiger partial charge in [-0.2, -0.15) is 0 Å². The quantitative estimate of drug-likeness (QED) is 0.578. The van der Waals surface area contributed by atoms with Crippen molar-refractivity contribution in [3.05, 3.63) is 23.3 Å². The van der Waals surface area contributed by atoms with Gasteiger partial charge < -0.3 is 4.79 Å². The zero-order valence-electron chi connectivity index (χ0n) is 13.8. The number of ketones is 2. The number of hydrogen-bond donors (Lipinski definition) is 0. The summed E-state index contributed by atoms with van der Waals surface area (Å²) in [6.07, 6.45) is 11.4. The molecule has 0 amide bonds. The molecule has 0 N–H and O–H groups in total. The van der Waals surface area contributed by atoms with Gasteiger partial charge in [-0.1, -0.05) is 24.1 Å². The van der Waals surface area contributed by atoms with Crippen LogP contribution in [0, 0.1) is 22.7 Å². The van der Waals surface area contributed by atoms with Crippen LogP contribution in [0.4, 0.5) is 0 Å². The van der Waals surface area contributed by atoms with Crippen molar-refractivity contribution < 1.29 is 14.4 Å². The average Bonchev–Trinajstić information content (AvgIpc) is 2.84. The van der Waals surface area contributed by atoms with Crippen LogP contribution in [0.1, 0.15) is 58.3 Å². The second-order valence-electron chi connectivity index (χ2n) is 8.08. The molecule has 0 spiro atoms.